The third-order valence-electron chi connectivity index (χ3n) is 14.9. The molecule has 0 heterocycles. The molecule has 336 valence electrons. The van der Waals surface area contributed by atoms with Gasteiger partial charge in [-0.25, -0.2) is 0 Å². The van der Waals surface area contributed by atoms with Crippen molar-refractivity contribution in [2.45, 2.75) is 105 Å². The van der Waals surface area contributed by atoms with E-state index in [0.29, 0.717) is 0 Å². The first kappa shape index (κ1) is 43.8. The SMILES string of the molecule is CC(C)(C)c1cc(-c2c3c(c(-c4cc(C(C)(C)C)cc(C(C)(C)C)c4)c4cc(-c5ccccc5)ccc24)-c2cccc4c2c-3cc2c3ccccc3c(-c3ccccc3)cc42)cc(C(C)(C)C)c1. The van der Waals surface area contributed by atoms with Crippen molar-refractivity contribution in [2.75, 3.05) is 0 Å². The lowest BCUT2D eigenvalue weighted by molar-refractivity contribution is 0.568. The van der Waals surface area contributed by atoms with Crippen LogP contribution < -0.4 is 0 Å². The third-order valence-corrected chi connectivity index (χ3v) is 14.9. The minimum atomic E-state index is -0.0565. The van der Waals surface area contributed by atoms with E-state index >= 15 is 0 Å². The fraction of sp³-hybridized carbons (Fsp3) is 0.235. The zero-order valence-electron chi connectivity index (χ0n) is 42.2. The summed E-state index contributed by atoms with van der Waals surface area (Å²) >= 11 is 0. The first-order chi connectivity index (χ1) is 32.3. The van der Waals surface area contributed by atoms with Crippen LogP contribution in [-0.2, 0) is 21.7 Å². The Bertz CT molecular complexity index is 3600. The van der Waals surface area contributed by atoms with E-state index in [1.807, 2.05) is 0 Å². The Kier molecular flexibility index (Phi) is 9.90. The highest BCUT2D eigenvalue weighted by Crippen LogP contribution is 2.60. The van der Waals surface area contributed by atoms with Gasteiger partial charge in [0.2, 0.25) is 0 Å². The van der Waals surface area contributed by atoms with Crippen LogP contribution in [-0.4, -0.2) is 0 Å². The Morgan fingerprint density at radius 2 is 0.662 bits per heavy atom. The summed E-state index contributed by atoms with van der Waals surface area (Å²) < 4.78 is 0. The molecule has 0 bridgehead atoms. The van der Waals surface area contributed by atoms with Crippen molar-refractivity contribution in [3.8, 4) is 66.8 Å². The topological polar surface area (TPSA) is 0 Å². The van der Waals surface area contributed by atoms with E-state index in [0.717, 1.165) is 0 Å². The second-order valence-corrected chi connectivity index (χ2v) is 23.8. The van der Waals surface area contributed by atoms with Crippen LogP contribution >= 0.6 is 0 Å². The molecule has 0 radical (unpaired) electrons. The number of fused-ring (bicyclic) bond motifs is 8. The maximum atomic E-state index is 2.58. The van der Waals surface area contributed by atoms with Crippen molar-refractivity contribution in [1.82, 2.24) is 0 Å². The molecule has 0 fully saturated rings. The maximum absolute atomic E-state index is 2.58. The molecule has 0 heteroatoms. The Morgan fingerprint density at radius 3 is 1.21 bits per heavy atom. The molecule has 10 aromatic rings. The third kappa shape index (κ3) is 7.18. The van der Waals surface area contributed by atoms with Gasteiger partial charge < -0.3 is 0 Å². The highest BCUT2D eigenvalue weighted by Gasteiger charge is 2.34. The molecule has 1 aliphatic carbocycles. The van der Waals surface area contributed by atoms with Crippen LogP contribution in [0.2, 0.25) is 0 Å². The standard InChI is InChI=1S/C68H64/c1-65(2,3)46-32-44(33-47(37-46)66(4,5)6)60-53-31-30-43(41-22-15-13-16-23-41)36-58(53)61(45-34-48(67(7,8)9)38-49(35-45)68(10,11)12)63-54-29-21-28-52-57-39-55(42-24-17-14-18-25-42)50-26-19-20-27-51(50)56(57)40-59(62(52)54)64(60)63/h13-40H,1-12H3. The summed E-state index contributed by atoms with van der Waals surface area (Å²) in [6, 6.07) is 65.6. The average Bonchev–Trinajstić information content (AvgIpc) is 3.63. The van der Waals surface area contributed by atoms with Crippen LogP contribution in [0.25, 0.3) is 110 Å². The fourth-order valence-corrected chi connectivity index (χ4v) is 11.0. The molecule has 1 aliphatic rings. The van der Waals surface area contributed by atoms with Gasteiger partial charge in [-0.2, -0.15) is 0 Å². The minimum Gasteiger partial charge on any atom is -0.0622 e. The smallest absolute Gasteiger partial charge is 0.000719 e. The van der Waals surface area contributed by atoms with Crippen molar-refractivity contribution < 1.29 is 0 Å². The molecule has 0 amide bonds. The number of hydrogen-bond acceptors (Lipinski definition) is 0. The lowest BCUT2D eigenvalue weighted by Crippen LogP contribution is -2.17. The van der Waals surface area contributed by atoms with Crippen LogP contribution in [0, 0.1) is 0 Å². The van der Waals surface area contributed by atoms with Crippen molar-refractivity contribution in [3.63, 3.8) is 0 Å². The molecular formula is C68H64. The Labute approximate surface area is 404 Å². The maximum Gasteiger partial charge on any atom is -0.000719 e. The largest absolute Gasteiger partial charge is 0.0622 e. The lowest BCUT2D eigenvalue weighted by Gasteiger charge is -2.29. The molecule has 68 heavy (non-hydrogen) atoms. The highest BCUT2D eigenvalue weighted by atomic mass is 14.4. The number of benzene rings is 10. The van der Waals surface area contributed by atoms with E-state index in [9.17, 15) is 0 Å². The van der Waals surface area contributed by atoms with Gasteiger partial charge in [0.15, 0.2) is 0 Å². The molecule has 0 aliphatic heterocycles. The van der Waals surface area contributed by atoms with Crippen molar-refractivity contribution in [3.05, 3.63) is 192 Å². The van der Waals surface area contributed by atoms with Crippen molar-refractivity contribution in [2.24, 2.45) is 0 Å². The van der Waals surface area contributed by atoms with Gasteiger partial charge >= 0.3 is 0 Å². The molecule has 0 saturated heterocycles. The van der Waals surface area contributed by atoms with Gasteiger partial charge in [-0.3, -0.25) is 0 Å². The Hall–Kier alpha value is -6.76. The van der Waals surface area contributed by atoms with Gasteiger partial charge in [0.25, 0.3) is 0 Å². The minimum absolute atomic E-state index is 0.0548. The van der Waals surface area contributed by atoms with Crippen LogP contribution in [0.15, 0.2) is 170 Å². The number of hydrogen-bond donors (Lipinski definition) is 0. The molecular weight excluding hydrogens is 817 g/mol. The summed E-state index contributed by atoms with van der Waals surface area (Å²) in [4.78, 5) is 0. The monoisotopic (exact) mass is 881 g/mol. The molecule has 11 rings (SSSR count). The highest BCUT2D eigenvalue weighted by molar-refractivity contribution is 6.33. The quantitative estimate of drug-likeness (QED) is 0.155. The second kappa shape index (κ2) is 15.4. The van der Waals surface area contributed by atoms with Gasteiger partial charge in [0.1, 0.15) is 0 Å². The van der Waals surface area contributed by atoms with E-state index in [4.69, 9.17) is 0 Å². The molecule has 0 saturated carbocycles. The molecule has 0 spiro atoms. The Morgan fingerprint density at radius 1 is 0.221 bits per heavy atom. The second-order valence-electron chi connectivity index (χ2n) is 23.8. The predicted octanol–water partition coefficient (Wildman–Crippen LogP) is 19.8. The lowest BCUT2D eigenvalue weighted by atomic mass is 9.75. The first-order valence-corrected chi connectivity index (χ1v) is 24.7. The predicted molar refractivity (Wildman–Crippen MR) is 297 cm³/mol. The summed E-state index contributed by atoms with van der Waals surface area (Å²) in [6.07, 6.45) is 0. The van der Waals surface area contributed by atoms with Crippen LogP contribution in [0.4, 0.5) is 0 Å². The van der Waals surface area contributed by atoms with E-state index < -0.39 is 0 Å². The summed E-state index contributed by atoms with van der Waals surface area (Å²) in [5, 5.41) is 10.4. The average molecular weight is 881 g/mol. The summed E-state index contributed by atoms with van der Waals surface area (Å²) in [6.45, 7) is 28.4. The van der Waals surface area contributed by atoms with Crippen LogP contribution in [0.3, 0.4) is 0 Å². The van der Waals surface area contributed by atoms with Gasteiger partial charge in [0, 0.05) is 0 Å². The van der Waals surface area contributed by atoms with E-state index in [2.05, 4.69) is 253 Å². The summed E-state index contributed by atoms with van der Waals surface area (Å²) in [5.74, 6) is 0. The van der Waals surface area contributed by atoms with Crippen molar-refractivity contribution >= 4 is 43.1 Å². The molecule has 0 nitrogen and oxygen atoms in total. The molecule has 0 atom stereocenters. The zero-order chi connectivity index (χ0) is 47.7. The first-order valence-electron chi connectivity index (χ1n) is 24.7. The summed E-state index contributed by atoms with van der Waals surface area (Å²) in [5.41, 5.74) is 20.7. The van der Waals surface area contributed by atoms with Crippen LogP contribution in [0.5, 0.6) is 0 Å². The fourth-order valence-electron chi connectivity index (χ4n) is 11.0. The normalized spacial score (nSPS) is 13.0. The van der Waals surface area contributed by atoms with Crippen molar-refractivity contribution in [1.29, 1.82) is 0 Å². The van der Waals surface area contributed by atoms with Gasteiger partial charge in [-0.15, -0.1) is 0 Å². The van der Waals surface area contributed by atoms with Crippen LogP contribution in [0.1, 0.15) is 105 Å². The molecule has 0 N–H and O–H groups in total. The molecule has 10 aromatic carbocycles. The van der Waals surface area contributed by atoms with Gasteiger partial charge in [0.05, 0.1) is 0 Å². The van der Waals surface area contributed by atoms with E-state index in [-0.39, 0.29) is 21.7 Å². The Balaban J connectivity index is 1.39. The van der Waals surface area contributed by atoms with E-state index in [1.165, 1.54) is 132 Å². The van der Waals surface area contributed by atoms with E-state index in [1.54, 1.807) is 0 Å². The molecule has 0 aromatic heterocycles. The number of rotatable bonds is 4. The van der Waals surface area contributed by atoms with Gasteiger partial charge in [-0.05, 0) is 172 Å². The van der Waals surface area contributed by atoms with Gasteiger partial charge in [-0.1, -0.05) is 235 Å². The zero-order valence-corrected chi connectivity index (χ0v) is 42.2. The summed E-state index contributed by atoms with van der Waals surface area (Å²) in [7, 11) is 0. The molecule has 0 unspecified atom stereocenters.